The molecular weight excluding hydrogens is 364 g/mol. The minimum atomic E-state index is -0.935. The Morgan fingerprint density at radius 3 is 2.37 bits per heavy atom. The first-order chi connectivity index (χ1) is 12.6. The largest absolute Gasteiger partial charge is 0.451 e. The average molecular weight is 391 g/mol. The van der Waals surface area contributed by atoms with Crippen LogP contribution in [0.25, 0.3) is 0 Å². The number of hydrogen-bond donors (Lipinski definition) is 0. The monoisotopic (exact) mass is 390 g/mol. The number of benzene rings is 1. The van der Waals surface area contributed by atoms with Crippen molar-refractivity contribution in [1.82, 2.24) is 9.47 Å². The van der Waals surface area contributed by atoms with Crippen LogP contribution in [0.2, 0.25) is 0 Å². The van der Waals surface area contributed by atoms with E-state index >= 15 is 0 Å². The first-order valence-corrected chi connectivity index (χ1v) is 9.67. The van der Waals surface area contributed by atoms with E-state index in [2.05, 4.69) is 0 Å². The molecule has 0 unspecified atom stereocenters. The van der Waals surface area contributed by atoms with Gasteiger partial charge >= 0.3 is 10.8 Å². The zero-order chi connectivity index (χ0) is 20.2. The van der Waals surface area contributed by atoms with Gasteiger partial charge in [-0.25, -0.2) is 0 Å². The second-order valence-corrected chi connectivity index (χ2v) is 8.26. The molecule has 0 fully saturated rings. The Labute approximate surface area is 163 Å². The third kappa shape index (κ3) is 5.53. The van der Waals surface area contributed by atoms with Gasteiger partial charge in [0.25, 0.3) is 5.91 Å². The molecule has 0 N–H and O–H groups in total. The molecule has 1 aromatic carbocycles. The molecule has 0 aliphatic heterocycles. The fraction of sp³-hybridized carbons (Fsp3) is 0.450. The number of thiazole rings is 1. The van der Waals surface area contributed by atoms with Gasteiger partial charge in [0, 0.05) is 23.2 Å². The summed E-state index contributed by atoms with van der Waals surface area (Å²) in [7, 11) is 0. The molecule has 27 heavy (non-hydrogen) atoms. The highest BCUT2D eigenvalue weighted by molar-refractivity contribution is 7.07. The maximum atomic E-state index is 12.9. The van der Waals surface area contributed by atoms with Crippen molar-refractivity contribution in [3.05, 3.63) is 56.6 Å². The molecule has 7 heteroatoms. The normalized spacial score (nSPS) is 12.5. The predicted molar refractivity (Wildman–Crippen MR) is 106 cm³/mol. The maximum absolute atomic E-state index is 12.9. The van der Waals surface area contributed by atoms with Gasteiger partial charge in [-0.15, -0.1) is 0 Å². The van der Waals surface area contributed by atoms with Crippen LogP contribution in [0.3, 0.4) is 0 Å². The van der Waals surface area contributed by atoms with E-state index < -0.39 is 17.6 Å². The molecule has 0 saturated carbocycles. The zero-order valence-corrected chi connectivity index (χ0v) is 17.2. The number of esters is 1. The Hall–Kier alpha value is -2.41. The molecule has 2 rings (SSSR count). The van der Waals surface area contributed by atoms with E-state index in [9.17, 15) is 14.4 Å². The topological polar surface area (TPSA) is 68.6 Å². The molecule has 1 atom stereocenters. The van der Waals surface area contributed by atoms with E-state index in [4.69, 9.17) is 4.74 Å². The maximum Gasteiger partial charge on any atom is 0.326 e. The van der Waals surface area contributed by atoms with Crippen molar-refractivity contribution < 1.29 is 14.3 Å². The number of carbonyl (C=O) groups is 2. The fourth-order valence-electron chi connectivity index (χ4n) is 2.64. The van der Waals surface area contributed by atoms with E-state index in [0.29, 0.717) is 12.2 Å². The van der Waals surface area contributed by atoms with Gasteiger partial charge in [-0.1, -0.05) is 41.7 Å². The van der Waals surface area contributed by atoms with Gasteiger partial charge in [0.2, 0.25) is 0 Å². The van der Waals surface area contributed by atoms with Crippen molar-refractivity contribution in [2.24, 2.45) is 0 Å². The Balaban J connectivity index is 2.08. The molecule has 1 amide bonds. The second-order valence-electron chi connectivity index (χ2n) is 7.44. The van der Waals surface area contributed by atoms with Crippen LogP contribution >= 0.6 is 11.3 Å². The summed E-state index contributed by atoms with van der Waals surface area (Å²) in [6, 6.07) is 9.67. The number of rotatable bonds is 6. The van der Waals surface area contributed by atoms with Gasteiger partial charge in [0.15, 0.2) is 6.10 Å². The number of ether oxygens (including phenoxy) is 1. The lowest BCUT2D eigenvalue weighted by Crippen LogP contribution is -2.49. The summed E-state index contributed by atoms with van der Waals surface area (Å²) in [5.74, 6) is -0.873. The summed E-state index contributed by atoms with van der Waals surface area (Å²) in [6.45, 7) is 9.37. The quantitative estimate of drug-likeness (QED) is 0.711. The molecule has 0 radical (unpaired) electrons. The van der Waals surface area contributed by atoms with Gasteiger partial charge in [-0.05, 0) is 40.2 Å². The Bertz CT molecular complexity index is 849. The lowest BCUT2D eigenvalue weighted by Gasteiger charge is -2.37. The summed E-state index contributed by atoms with van der Waals surface area (Å²) < 4.78 is 6.67. The smallest absolute Gasteiger partial charge is 0.326 e. The van der Waals surface area contributed by atoms with Gasteiger partial charge < -0.3 is 9.64 Å². The van der Waals surface area contributed by atoms with Crippen LogP contribution in [0.4, 0.5) is 0 Å². The lowest BCUT2D eigenvalue weighted by molar-refractivity contribution is -0.162. The van der Waals surface area contributed by atoms with Gasteiger partial charge in [0.05, 0.1) is 0 Å². The first-order valence-electron chi connectivity index (χ1n) is 8.79. The molecule has 1 aromatic heterocycles. The molecule has 1 heterocycles. The summed E-state index contributed by atoms with van der Waals surface area (Å²) in [4.78, 5) is 38.4. The number of aromatic nitrogens is 1. The predicted octanol–water partition coefficient (Wildman–Crippen LogP) is 2.98. The SMILES string of the molecule is Cc1csc(=O)n1CC(=O)O[C@@H](C)C(=O)N(Cc1ccccc1)C(C)(C)C. The molecule has 146 valence electrons. The summed E-state index contributed by atoms with van der Waals surface area (Å²) in [5, 5.41) is 1.69. The number of carbonyl (C=O) groups excluding carboxylic acids is 2. The van der Waals surface area contributed by atoms with E-state index in [1.54, 1.807) is 24.1 Å². The Kier molecular flexibility index (Phi) is 6.59. The molecule has 6 nitrogen and oxygen atoms in total. The highest BCUT2D eigenvalue weighted by atomic mass is 32.1. The van der Waals surface area contributed by atoms with Crippen LogP contribution in [-0.2, 0) is 27.4 Å². The zero-order valence-electron chi connectivity index (χ0n) is 16.4. The summed E-state index contributed by atoms with van der Waals surface area (Å²) >= 11 is 1.03. The third-order valence-electron chi connectivity index (χ3n) is 4.18. The second kappa shape index (κ2) is 8.52. The molecular formula is C20H26N2O4S. The Morgan fingerprint density at radius 1 is 1.22 bits per heavy atom. The third-order valence-corrected chi connectivity index (χ3v) is 5.06. The van der Waals surface area contributed by atoms with E-state index in [1.165, 1.54) is 4.57 Å². The molecule has 0 bridgehead atoms. The van der Waals surface area contributed by atoms with Gasteiger partial charge in [-0.3, -0.25) is 19.0 Å². The number of aryl methyl sites for hydroxylation is 1. The Morgan fingerprint density at radius 2 is 1.85 bits per heavy atom. The minimum Gasteiger partial charge on any atom is -0.451 e. The number of nitrogens with zero attached hydrogens (tertiary/aromatic N) is 2. The molecule has 0 spiro atoms. The first kappa shape index (κ1) is 20.9. The molecule has 0 saturated heterocycles. The molecule has 2 aromatic rings. The number of amides is 1. The van der Waals surface area contributed by atoms with Crippen LogP contribution in [0.1, 0.15) is 39.0 Å². The molecule has 0 aliphatic rings. The van der Waals surface area contributed by atoms with Crippen LogP contribution in [0.5, 0.6) is 0 Å². The average Bonchev–Trinajstić information content (AvgIpc) is 2.91. The van der Waals surface area contributed by atoms with Crippen molar-refractivity contribution in [2.45, 2.75) is 59.4 Å². The van der Waals surface area contributed by atoms with Crippen molar-refractivity contribution in [2.75, 3.05) is 0 Å². The summed E-state index contributed by atoms with van der Waals surface area (Å²) in [6.07, 6.45) is -0.935. The van der Waals surface area contributed by atoms with Crippen LogP contribution < -0.4 is 4.87 Å². The van der Waals surface area contributed by atoms with Crippen LogP contribution in [0.15, 0.2) is 40.5 Å². The fourth-order valence-corrected chi connectivity index (χ4v) is 3.38. The highest BCUT2D eigenvalue weighted by Gasteiger charge is 2.31. The van der Waals surface area contributed by atoms with Gasteiger partial charge in [-0.2, -0.15) is 0 Å². The highest BCUT2D eigenvalue weighted by Crippen LogP contribution is 2.19. The van der Waals surface area contributed by atoms with Crippen molar-refractivity contribution in [1.29, 1.82) is 0 Å². The van der Waals surface area contributed by atoms with E-state index in [0.717, 1.165) is 16.9 Å². The van der Waals surface area contributed by atoms with Crippen molar-refractivity contribution in [3.8, 4) is 0 Å². The molecule has 0 aliphatic carbocycles. The lowest BCUT2D eigenvalue weighted by atomic mass is 10.0. The van der Waals surface area contributed by atoms with Gasteiger partial charge in [0.1, 0.15) is 6.54 Å². The minimum absolute atomic E-state index is 0.194. The summed E-state index contributed by atoms with van der Waals surface area (Å²) in [5.41, 5.74) is 1.26. The van der Waals surface area contributed by atoms with Crippen molar-refractivity contribution >= 4 is 23.2 Å². The van der Waals surface area contributed by atoms with E-state index in [-0.39, 0.29) is 17.3 Å². The van der Waals surface area contributed by atoms with Crippen LogP contribution in [-0.4, -0.2) is 33.0 Å². The van der Waals surface area contributed by atoms with E-state index in [1.807, 2.05) is 51.1 Å². The van der Waals surface area contributed by atoms with Crippen molar-refractivity contribution in [3.63, 3.8) is 0 Å². The van der Waals surface area contributed by atoms with Crippen LogP contribution in [0, 0.1) is 6.92 Å². The standard InChI is InChI=1S/C20H26N2O4S/c1-14-13-27-19(25)21(14)12-17(23)26-15(2)18(24)22(20(3,4)5)11-16-9-7-6-8-10-16/h6-10,13,15H,11-12H2,1-5H3/t15-/m0/s1. The number of hydrogen-bond acceptors (Lipinski definition) is 5.